The van der Waals surface area contributed by atoms with Gasteiger partial charge in [-0.1, -0.05) is 33.8 Å². The van der Waals surface area contributed by atoms with Crippen LogP contribution in [0, 0.1) is 5.41 Å². The lowest BCUT2D eigenvalue weighted by molar-refractivity contribution is 0.155. The molecular weight excluding hydrogens is 332 g/mol. The molecule has 1 saturated heterocycles. The fourth-order valence-electron chi connectivity index (χ4n) is 3.12. The van der Waals surface area contributed by atoms with Crippen molar-refractivity contribution in [2.24, 2.45) is 11.1 Å². The van der Waals surface area contributed by atoms with E-state index in [2.05, 4.69) is 13.8 Å². The Morgan fingerprint density at radius 3 is 2.35 bits per heavy atom. The van der Waals surface area contributed by atoms with Crippen molar-refractivity contribution in [3.63, 3.8) is 0 Å². The monoisotopic (exact) mass is 360 g/mol. The molecular formula is C17H29ClN2O2S. The van der Waals surface area contributed by atoms with Crippen LogP contribution in [0.3, 0.4) is 0 Å². The zero-order valence-electron chi connectivity index (χ0n) is 14.5. The highest BCUT2D eigenvalue weighted by Crippen LogP contribution is 2.31. The Hall–Kier alpha value is -0.620. The van der Waals surface area contributed by atoms with E-state index in [0.717, 1.165) is 18.4 Å². The second-order valence-corrected chi connectivity index (χ2v) is 8.80. The van der Waals surface area contributed by atoms with Crippen LogP contribution in [0.5, 0.6) is 0 Å². The molecule has 0 radical (unpaired) electrons. The van der Waals surface area contributed by atoms with Crippen LogP contribution in [0.1, 0.15) is 45.2 Å². The Labute approximate surface area is 146 Å². The number of sulfonamides is 1. The van der Waals surface area contributed by atoms with Crippen LogP contribution in [0.2, 0.25) is 0 Å². The molecule has 4 nitrogen and oxygen atoms in total. The molecule has 0 saturated carbocycles. The number of benzene rings is 1. The second-order valence-electron chi connectivity index (χ2n) is 6.86. The highest BCUT2D eigenvalue weighted by atomic mass is 35.5. The van der Waals surface area contributed by atoms with Gasteiger partial charge in [-0.3, -0.25) is 0 Å². The minimum Gasteiger partial charge on any atom is -0.327 e. The first-order chi connectivity index (χ1) is 10.2. The molecule has 1 fully saturated rings. The highest BCUT2D eigenvalue weighted by molar-refractivity contribution is 7.89. The summed E-state index contributed by atoms with van der Waals surface area (Å²) in [5.74, 6) is 0. The lowest BCUT2D eigenvalue weighted by Gasteiger charge is -2.41. The van der Waals surface area contributed by atoms with Gasteiger partial charge in [0.15, 0.2) is 0 Å². The summed E-state index contributed by atoms with van der Waals surface area (Å²) in [6.07, 6.45) is 2.48. The van der Waals surface area contributed by atoms with Crippen molar-refractivity contribution < 1.29 is 8.42 Å². The number of nitrogens with two attached hydrogens (primary N) is 1. The summed E-state index contributed by atoms with van der Waals surface area (Å²) >= 11 is 0. The fraction of sp³-hybridized carbons (Fsp3) is 0.647. The van der Waals surface area contributed by atoms with E-state index in [1.807, 2.05) is 26.0 Å². The van der Waals surface area contributed by atoms with Gasteiger partial charge in [0.25, 0.3) is 0 Å². The van der Waals surface area contributed by atoms with Crippen molar-refractivity contribution in [1.82, 2.24) is 4.31 Å². The van der Waals surface area contributed by atoms with Gasteiger partial charge in [0.1, 0.15) is 0 Å². The Balaban J connectivity index is 0.00000264. The van der Waals surface area contributed by atoms with Gasteiger partial charge in [0.05, 0.1) is 4.90 Å². The number of hydrogen-bond donors (Lipinski definition) is 1. The van der Waals surface area contributed by atoms with Crippen LogP contribution in [0.15, 0.2) is 23.1 Å². The SMILES string of the molecule is CCc1ccc(S(=O)(=O)N2CCC(N)C(C)(C)C2)cc1CC.Cl. The molecule has 132 valence electrons. The molecule has 0 spiro atoms. The van der Waals surface area contributed by atoms with Gasteiger partial charge >= 0.3 is 0 Å². The standard InChI is InChI=1S/C17H28N2O2S.ClH/c1-5-13-7-8-15(11-14(13)6-2)22(20,21)19-10-9-16(18)17(3,4)12-19;/h7-8,11,16H,5-6,9-10,12,18H2,1-4H3;1H. The summed E-state index contributed by atoms with van der Waals surface area (Å²) in [5, 5.41) is 0. The fourth-order valence-corrected chi connectivity index (χ4v) is 4.79. The molecule has 1 aliphatic rings. The molecule has 0 amide bonds. The third-order valence-corrected chi connectivity index (χ3v) is 6.70. The molecule has 0 aromatic heterocycles. The van der Waals surface area contributed by atoms with Gasteiger partial charge in [-0.15, -0.1) is 12.4 Å². The molecule has 1 unspecified atom stereocenters. The van der Waals surface area contributed by atoms with E-state index >= 15 is 0 Å². The van der Waals surface area contributed by atoms with Crippen molar-refractivity contribution in [2.45, 2.75) is 57.9 Å². The molecule has 1 heterocycles. The van der Waals surface area contributed by atoms with Crippen LogP contribution >= 0.6 is 12.4 Å². The van der Waals surface area contributed by atoms with Gasteiger partial charge in [0, 0.05) is 19.1 Å². The van der Waals surface area contributed by atoms with Crippen molar-refractivity contribution in [3.8, 4) is 0 Å². The molecule has 1 aromatic carbocycles. The number of hydrogen-bond acceptors (Lipinski definition) is 3. The predicted octanol–water partition coefficient (Wildman–Crippen LogP) is 2.98. The third kappa shape index (κ3) is 4.08. The number of aryl methyl sites for hydroxylation is 2. The summed E-state index contributed by atoms with van der Waals surface area (Å²) in [6, 6.07) is 5.59. The molecule has 0 aliphatic carbocycles. The topological polar surface area (TPSA) is 63.4 Å². The lowest BCUT2D eigenvalue weighted by atomic mass is 9.81. The molecule has 2 rings (SSSR count). The van der Waals surface area contributed by atoms with Crippen molar-refractivity contribution in [3.05, 3.63) is 29.3 Å². The summed E-state index contributed by atoms with van der Waals surface area (Å²) in [7, 11) is -3.44. The number of rotatable bonds is 4. The summed E-state index contributed by atoms with van der Waals surface area (Å²) in [4.78, 5) is 0.410. The Bertz CT molecular complexity index is 644. The van der Waals surface area contributed by atoms with Crippen LogP contribution in [0.25, 0.3) is 0 Å². The average Bonchev–Trinajstić information content (AvgIpc) is 2.48. The van der Waals surface area contributed by atoms with Crippen LogP contribution in [-0.2, 0) is 22.9 Å². The molecule has 0 bridgehead atoms. The van der Waals surface area contributed by atoms with E-state index in [1.165, 1.54) is 5.56 Å². The predicted molar refractivity (Wildman–Crippen MR) is 97.6 cm³/mol. The van der Waals surface area contributed by atoms with Crippen molar-refractivity contribution in [1.29, 1.82) is 0 Å². The number of nitrogens with zero attached hydrogens (tertiary/aromatic N) is 1. The quantitative estimate of drug-likeness (QED) is 0.897. The number of piperidine rings is 1. The van der Waals surface area contributed by atoms with Crippen LogP contribution in [0.4, 0.5) is 0 Å². The van der Waals surface area contributed by atoms with Gasteiger partial charge in [-0.25, -0.2) is 8.42 Å². The highest BCUT2D eigenvalue weighted by Gasteiger charge is 2.38. The first-order valence-electron chi connectivity index (χ1n) is 8.10. The van der Waals surface area contributed by atoms with Gasteiger partial charge in [-0.2, -0.15) is 4.31 Å². The molecule has 1 aliphatic heterocycles. The maximum Gasteiger partial charge on any atom is 0.243 e. The summed E-state index contributed by atoms with van der Waals surface area (Å²) in [5.41, 5.74) is 8.27. The van der Waals surface area contributed by atoms with Crippen LogP contribution < -0.4 is 5.73 Å². The Kier molecular flexibility index (Phi) is 6.67. The molecule has 2 N–H and O–H groups in total. The second kappa shape index (κ2) is 7.51. The van der Waals surface area contributed by atoms with Crippen molar-refractivity contribution >= 4 is 22.4 Å². The van der Waals surface area contributed by atoms with Gasteiger partial charge in [-0.05, 0) is 47.9 Å². The van der Waals surface area contributed by atoms with E-state index in [9.17, 15) is 8.42 Å². The maximum atomic E-state index is 12.9. The van der Waals surface area contributed by atoms with E-state index < -0.39 is 10.0 Å². The molecule has 1 atom stereocenters. The average molecular weight is 361 g/mol. The van der Waals surface area contributed by atoms with Gasteiger partial charge < -0.3 is 5.73 Å². The first-order valence-corrected chi connectivity index (χ1v) is 9.54. The van der Waals surface area contributed by atoms with E-state index in [0.29, 0.717) is 24.4 Å². The largest absolute Gasteiger partial charge is 0.327 e. The summed E-state index contributed by atoms with van der Waals surface area (Å²) in [6.45, 7) is 9.22. The normalized spacial score (nSPS) is 21.7. The van der Waals surface area contributed by atoms with E-state index in [4.69, 9.17) is 5.73 Å². The van der Waals surface area contributed by atoms with Gasteiger partial charge in [0.2, 0.25) is 10.0 Å². The van der Waals surface area contributed by atoms with Crippen molar-refractivity contribution in [2.75, 3.05) is 13.1 Å². The molecule has 23 heavy (non-hydrogen) atoms. The zero-order valence-corrected chi connectivity index (χ0v) is 16.1. The lowest BCUT2D eigenvalue weighted by Crippen LogP contribution is -2.53. The molecule has 6 heteroatoms. The maximum absolute atomic E-state index is 12.9. The summed E-state index contributed by atoms with van der Waals surface area (Å²) < 4.78 is 27.5. The van der Waals surface area contributed by atoms with Crippen LogP contribution in [-0.4, -0.2) is 31.9 Å². The first kappa shape index (κ1) is 20.4. The minimum absolute atomic E-state index is 0. The Morgan fingerprint density at radius 1 is 1.22 bits per heavy atom. The molecule has 1 aromatic rings. The smallest absolute Gasteiger partial charge is 0.243 e. The zero-order chi connectivity index (χ0) is 16.5. The Morgan fingerprint density at radius 2 is 1.83 bits per heavy atom. The van der Waals surface area contributed by atoms with E-state index in [-0.39, 0.29) is 23.9 Å². The van der Waals surface area contributed by atoms with E-state index in [1.54, 1.807) is 10.4 Å². The third-order valence-electron chi connectivity index (χ3n) is 4.85. The minimum atomic E-state index is -3.44. The number of halogens is 1.